The van der Waals surface area contributed by atoms with E-state index in [1.165, 1.54) is 0 Å². The van der Waals surface area contributed by atoms with Crippen molar-refractivity contribution in [3.8, 4) is 5.75 Å². The number of aliphatic carboxylic acids is 2. The molecule has 10 heteroatoms. The van der Waals surface area contributed by atoms with Crippen molar-refractivity contribution in [3.05, 3.63) is 27.2 Å². The number of carbonyl (C=O) groups is 2. The van der Waals surface area contributed by atoms with E-state index in [0.29, 0.717) is 34.0 Å². The summed E-state index contributed by atoms with van der Waals surface area (Å²) in [7, 11) is 0. The first kappa shape index (κ1) is 21.8. The van der Waals surface area contributed by atoms with Gasteiger partial charge in [-0.15, -0.1) is 0 Å². The predicted octanol–water partition coefficient (Wildman–Crippen LogP) is 2.15. The first-order chi connectivity index (χ1) is 10.8. The van der Waals surface area contributed by atoms with E-state index < -0.39 is 11.9 Å². The molecule has 0 atom stereocenters. The van der Waals surface area contributed by atoms with Crippen LogP contribution in [0.3, 0.4) is 0 Å². The standard InChI is InChI=1S/C11H14Cl3NO2.C2H2O4/c12-8-6-9(13)11(10(14)7-8)17-5-1-2-15-3-4-16;3-1(4)2(5)6/h6-7,15-16H,1-5H2;(H,3,4)(H,5,6). The zero-order valence-electron chi connectivity index (χ0n) is 11.9. The van der Waals surface area contributed by atoms with Gasteiger partial charge in [0.1, 0.15) is 0 Å². The Kier molecular flexibility index (Phi) is 11.5. The maximum absolute atomic E-state index is 9.10. The Labute approximate surface area is 147 Å². The molecule has 0 aromatic heterocycles. The summed E-state index contributed by atoms with van der Waals surface area (Å²) in [4.78, 5) is 18.2. The minimum Gasteiger partial charge on any atom is -0.490 e. The molecule has 0 amide bonds. The number of hydrogen-bond donors (Lipinski definition) is 4. The summed E-state index contributed by atoms with van der Waals surface area (Å²) in [6, 6.07) is 3.18. The van der Waals surface area contributed by atoms with Crippen molar-refractivity contribution in [2.24, 2.45) is 0 Å². The third-order valence-corrected chi connectivity index (χ3v) is 2.96. The molecule has 7 nitrogen and oxygen atoms in total. The molecular weight excluding hydrogens is 373 g/mol. The second-order valence-corrected chi connectivity index (χ2v) is 5.24. The first-order valence-electron chi connectivity index (χ1n) is 6.34. The van der Waals surface area contributed by atoms with Gasteiger partial charge in [-0.1, -0.05) is 34.8 Å². The minimum atomic E-state index is -1.82. The van der Waals surface area contributed by atoms with Gasteiger partial charge in [0.05, 0.1) is 23.3 Å². The molecule has 0 fully saturated rings. The molecule has 0 unspecified atom stereocenters. The van der Waals surface area contributed by atoms with Crippen molar-refractivity contribution >= 4 is 46.7 Å². The molecule has 130 valence electrons. The summed E-state index contributed by atoms with van der Waals surface area (Å²) in [6.45, 7) is 1.99. The van der Waals surface area contributed by atoms with Gasteiger partial charge in [-0.25, -0.2) is 9.59 Å². The maximum Gasteiger partial charge on any atom is 0.414 e. The summed E-state index contributed by atoms with van der Waals surface area (Å²) >= 11 is 17.7. The highest BCUT2D eigenvalue weighted by Gasteiger charge is 2.08. The number of aliphatic hydroxyl groups is 1. The topological polar surface area (TPSA) is 116 Å². The number of carboxylic acid groups (broad SMARTS) is 2. The number of aliphatic hydroxyl groups excluding tert-OH is 1. The summed E-state index contributed by atoms with van der Waals surface area (Å²) < 4.78 is 5.48. The lowest BCUT2D eigenvalue weighted by Crippen LogP contribution is -2.20. The van der Waals surface area contributed by atoms with Crippen LogP contribution in [0.1, 0.15) is 6.42 Å². The van der Waals surface area contributed by atoms with E-state index in [-0.39, 0.29) is 6.61 Å². The van der Waals surface area contributed by atoms with E-state index in [4.69, 9.17) is 64.4 Å². The molecule has 0 aliphatic heterocycles. The molecule has 0 aliphatic rings. The van der Waals surface area contributed by atoms with Crippen molar-refractivity contribution < 1.29 is 29.6 Å². The van der Waals surface area contributed by atoms with Crippen LogP contribution in [0.5, 0.6) is 5.75 Å². The van der Waals surface area contributed by atoms with Gasteiger partial charge in [-0.3, -0.25) is 0 Å². The van der Waals surface area contributed by atoms with E-state index in [9.17, 15) is 0 Å². The zero-order valence-corrected chi connectivity index (χ0v) is 14.2. The predicted molar refractivity (Wildman–Crippen MR) is 86.8 cm³/mol. The van der Waals surface area contributed by atoms with Crippen molar-refractivity contribution in [1.29, 1.82) is 0 Å². The monoisotopic (exact) mass is 387 g/mol. The molecule has 0 radical (unpaired) electrons. The number of benzene rings is 1. The lowest BCUT2D eigenvalue weighted by atomic mass is 10.3. The lowest BCUT2D eigenvalue weighted by molar-refractivity contribution is -0.159. The minimum absolute atomic E-state index is 0.135. The Morgan fingerprint density at radius 2 is 1.57 bits per heavy atom. The third-order valence-electron chi connectivity index (χ3n) is 2.18. The molecule has 0 saturated heterocycles. The average molecular weight is 389 g/mol. The Hall–Kier alpha value is -1.25. The highest BCUT2D eigenvalue weighted by Crippen LogP contribution is 2.35. The molecule has 0 aliphatic carbocycles. The van der Waals surface area contributed by atoms with Gasteiger partial charge in [0, 0.05) is 11.6 Å². The van der Waals surface area contributed by atoms with Crippen LogP contribution in [-0.4, -0.2) is 53.6 Å². The van der Waals surface area contributed by atoms with Gasteiger partial charge < -0.3 is 25.4 Å². The van der Waals surface area contributed by atoms with Crippen LogP contribution < -0.4 is 10.1 Å². The van der Waals surface area contributed by atoms with Crippen LogP contribution in [0.25, 0.3) is 0 Å². The largest absolute Gasteiger partial charge is 0.490 e. The van der Waals surface area contributed by atoms with Crippen LogP contribution in [0, 0.1) is 0 Å². The number of hydrogen-bond acceptors (Lipinski definition) is 5. The van der Waals surface area contributed by atoms with Gasteiger partial charge in [0.25, 0.3) is 0 Å². The summed E-state index contributed by atoms with van der Waals surface area (Å²) in [5.74, 6) is -3.19. The normalized spacial score (nSPS) is 9.74. The number of halogens is 3. The van der Waals surface area contributed by atoms with Crippen LogP contribution in [0.2, 0.25) is 15.1 Å². The number of rotatable bonds is 7. The lowest BCUT2D eigenvalue weighted by Gasteiger charge is -2.10. The SMILES string of the molecule is O=C(O)C(=O)O.OCCNCCCOc1c(Cl)cc(Cl)cc1Cl. The van der Waals surface area contributed by atoms with Crippen LogP contribution in [0.15, 0.2) is 12.1 Å². The summed E-state index contributed by atoms with van der Waals surface area (Å²) in [5, 5.41) is 27.7. The summed E-state index contributed by atoms with van der Waals surface area (Å²) in [5.41, 5.74) is 0. The van der Waals surface area contributed by atoms with E-state index in [1.54, 1.807) is 12.1 Å². The number of ether oxygens (including phenoxy) is 1. The molecule has 0 saturated carbocycles. The molecule has 1 rings (SSSR count). The second-order valence-electron chi connectivity index (χ2n) is 3.98. The van der Waals surface area contributed by atoms with Crippen LogP contribution >= 0.6 is 34.8 Å². The van der Waals surface area contributed by atoms with Crippen LogP contribution in [-0.2, 0) is 9.59 Å². The molecule has 1 aromatic carbocycles. The molecule has 1 aromatic rings. The van der Waals surface area contributed by atoms with Crippen molar-refractivity contribution in [2.45, 2.75) is 6.42 Å². The van der Waals surface area contributed by atoms with Gasteiger partial charge >= 0.3 is 11.9 Å². The van der Waals surface area contributed by atoms with E-state index in [0.717, 1.165) is 13.0 Å². The molecule has 0 bridgehead atoms. The Balaban J connectivity index is 0.000000688. The Bertz CT molecular complexity index is 491. The molecule has 4 N–H and O–H groups in total. The highest BCUT2D eigenvalue weighted by atomic mass is 35.5. The maximum atomic E-state index is 9.10. The summed E-state index contributed by atoms with van der Waals surface area (Å²) in [6.07, 6.45) is 0.801. The fourth-order valence-corrected chi connectivity index (χ4v) is 2.17. The fraction of sp³-hybridized carbons (Fsp3) is 0.385. The Morgan fingerprint density at radius 1 is 1.04 bits per heavy atom. The smallest absolute Gasteiger partial charge is 0.414 e. The van der Waals surface area contributed by atoms with E-state index in [1.807, 2.05) is 0 Å². The first-order valence-corrected chi connectivity index (χ1v) is 7.48. The molecule has 0 spiro atoms. The number of nitrogens with one attached hydrogen (secondary N) is 1. The van der Waals surface area contributed by atoms with Gasteiger partial charge in [-0.2, -0.15) is 0 Å². The van der Waals surface area contributed by atoms with E-state index >= 15 is 0 Å². The Morgan fingerprint density at radius 3 is 2.00 bits per heavy atom. The van der Waals surface area contributed by atoms with Gasteiger partial charge in [0.2, 0.25) is 0 Å². The van der Waals surface area contributed by atoms with Gasteiger partial charge in [0.15, 0.2) is 5.75 Å². The molecular formula is C13H16Cl3NO6. The van der Waals surface area contributed by atoms with Crippen molar-refractivity contribution in [1.82, 2.24) is 5.32 Å². The van der Waals surface area contributed by atoms with Crippen molar-refractivity contribution in [2.75, 3.05) is 26.3 Å². The molecule has 0 heterocycles. The third kappa shape index (κ3) is 10.2. The molecule has 23 heavy (non-hydrogen) atoms. The van der Waals surface area contributed by atoms with Crippen LogP contribution in [0.4, 0.5) is 0 Å². The fourth-order valence-electron chi connectivity index (χ4n) is 1.24. The number of carboxylic acids is 2. The average Bonchev–Trinajstić information content (AvgIpc) is 2.45. The van der Waals surface area contributed by atoms with Gasteiger partial charge in [-0.05, 0) is 25.1 Å². The zero-order chi connectivity index (χ0) is 17.8. The second kappa shape index (κ2) is 12.2. The van der Waals surface area contributed by atoms with Crippen molar-refractivity contribution in [3.63, 3.8) is 0 Å². The van der Waals surface area contributed by atoms with E-state index in [2.05, 4.69) is 5.32 Å². The quantitative estimate of drug-likeness (QED) is 0.418. The highest BCUT2D eigenvalue weighted by molar-refractivity contribution is 6.40.